The molecular weight excluding hydrogens is 312 g/mol. The normalized spacial score (nSPS) is 11.9. The van der Waals surface area contributed by atoms with Gasteiger partial charge in [0.1, 0.15) is 11.5 Å². The second-order valence-electron chi connectivity index (χ2n) is 6.17. The Labute approximate surface area is 148 Å². The van der Waals surface area contributed by atoms with Crippen LogP contribution in [0.4, 0.5) is 0 Å². The molecule has 132 valence electrons. The van der Waals surface area contributed by atoms with Crippen LogP contribution in [0.25, 0.3) is 10.9 Å². The van der Waals surface area contributed by atoms with E-state index < -0.39 is 0 Å². The van der Waals surface area contributed by atoms with Gasteiger partial charge in [0.05, 0.1) is 6.54 Å². The van der Waals surface area contributed by atoms with E-state index in [0.717, 1.165) is 42.6 Å². The number of aryl methyl sites for hydroxylation is 2. The number of guanidine groups is 1. The quantitative estimate of drug-likeness (QED) is 0.474. The second kappa shape index (κ2) is 7.92. The van der Waals surface area contributed by atoms with Crippen molar-refractivity contribution in [1.29, 1.82) is 0 Å². The summed E-state index contributed by atoms with van der Waals surface area (Å²) in [6.07, 6.45) is 3.03. The summed E-state index contributed by atoms with van der Waals surface area (Å²) in [6.45, 7) is 8.30. The molecular formula is C20H26N4O. The maximum absolute atomic E-state index is 5.56. The Bertz CT molecular complexity index is 860. The molecule has 3 N–H and O–H groups in total. The first-order valence-electron chi connectivity index (χ1n) is 8.80. The maximum atomic E-state index is 5.56. The summed E-state index contributed by atoms with van der Waals surface area (Å²) >= 11 is 0. The number of aromatic amines is 1. The minimum atomic E-state index is 0.617. The highest BCUT2D eigenvalue weighted by atomic mass is 16.3. The molecule has 0 radical (unpaired) electrons. The van der Waals surface area contributed by atoms with Crippen molar-refractivity contribution in [2.45, 2.75) is 33.7 Å². The molecule has 3 rings (SSSR count). The van der Waals surface area contributed by atoms with E-state index in [1.807, 2.05) is 19.9 Å². The van der Waals surface area contributed by atoms with Gasteiger partial charge in [-0.3, -0.25) is 0 Å². The zero-order valence-electron chi connectivity index (χ0n) is 15.1. The van der Waals surface area contributed by atoms with Crippen molar-refractivity contribution < 1.29 is 4.42 Å². The maximum Gasteiger partial charge on any atom is 0.191 e. The lowest BCUT2D eigenvalue weighted by Gasteiger charge is -2.11. The lowest BCUT2D eigenvalue weighted by Crippen LogP contribution is -2.38. The van der Waals surface area contributed by atoms with E-state index in [-0.39, 0.29) is 0 Å². The standard InChI is InChI=1S/C20H26N4O/c1-4-21-20(24-13-17-11-14(2)25-15(17)3)22-10-9-16-12-23-19-8-6-5-7-18(16)19/h5-8,11-12,23H,4,9-10,13H2,1-3H3,(H2,21,22,24). The van der Waals surface area contributed by atoms with Crippen LogP contribution < -0.4 is 10.6 Å². The van der Waals surface area contributed by atoms with Crippen molar-refractivity contribution in [2.24, 2.45) is 4.99 Å². The van der Waals surface area contributed by atoms with Crippen LogP contribution in [0.2, 0.25) is 0 Å². The highest BCUT2D eigenvalue weighted by Gasteiger charge is 2.06. The van der Waals surface area contributed by atoms with Gasteiger partial charge in [0, 0.05) is 35.8 Å². The molecule has 5 heteroatoms. The van der Waals surface area contributed by atoms with Crippen molar-refractivity contribution in [3.8, 4) is 0 Å². The minimum absolute atomic E-state index is 0.617. The summed E-state index contributed by atoms with van der Waals surface area (Å²) in [5, 5.41) is 8.00. The van der Waals surface area contributed by atoms with E-state index in [0.29, 0.717) is 6.54 Å². The predicted molar refractivity (Wildman–Crippen MR) is 103 cm³/mol. The molecule has 25 heavy (non-hydrogen) atoms. The van der Waals surface area contributed by atoms with Gasteiger partial charge in [0.25, 0.3) is 0 Å². The lowest BCUT2D eigenvalue weighted by atomic mass is 10.1. The highest BCUT2D eigenvalue weighted by Crippen LogP contribution is 2.17. The number of rotatable bonds is 6. The molecule has 0 unspecified atom stereocenters. The van der Waals surface area contributed by atoms with Crippen molar-refractivity contribution >= 4 is 16.9 Å². The van der Waals surface area contributed by atoms with E-state index in [4.69, 9.17) is 4.42 Å². The monoisotopic (exact) mass is 338 g/mol. The molecule has 3 aromatic rings. The summed E-state index contributed by atoms with van der Waals surface area (Å²) in [6, 6.07) is 10.4. The number of H-pyrrole nitrogens is 1. The summed E-state index contributed by atoms with van der Waals surface area (Å²) < 4.78 is 5.56. The Balaban J connectivity index is 1.60. The average molecular weight is 338 g/mol. The first-order valence-corrected chi connectivity index (χ1v) is 8.80. The van der Waals surface area contributed by atoms with Gasteiger partial charge in [-0.15, -0.1) is 0 Å². The van der Waals surface area contributed by atoms with Crippen LogP contribution in [0.1, 0.15) is 29.6 Å². The molecule has 0 atom stereocenters. The molecule has 1 aromatic carbocycles. The molecule has 2 aromatic heterocycles. The second-order valence-corrected chi connectivity index (χ2v) is 6.17. The van der Waals surface area contributed by atoms with Crippen molar-refractivity contribution in [3.05, 3.63) is 59.2 Å². The fourth-order valence-electron chi connectivity index (χ4n) is 3.00. The molecule has 0 saturated carbocycles. The average Bonchev–Trinajstić information content (AvgIpc) is 3.15. The third kappa shape index (κ3) is 4.24. The Morgan fingerprint density at radius 1 is 1.16 bits per heavy atom. The Morgan fingerprint density at radius 3 is 2.76 bits per heavy atom. The van der Waals surface area contributed by atoms with Crippen LogP contribution in [0.5, 0.6) is 0 Å². The Kier molecular flexibility index (Phi) is 5.43. The van der Waals surface area contributed by atoms with Gasteiger partial charge in [-0.05, 0) is 44.9 Å². The molecule has 0 amide bonds. The molecule has 5 nitrogen and oxygen atoms in total. The molecule has 0 saturated heterocycles. The van der Waals surface area contributed by atoms with Gasteiger partial charge >= 0.3 is 0 Å². The number of benzene rings is 1. The zero-order chi connectivity index (χ0) is 17.6. The van der Waals surface area contributed by atoms with Gasteiger partial charge in [0.2, 0.25) is 0 Å². The van der Waals surface area contributed by atoms with Gasteiger partial charge in [-0.1, -0.05) is 18.2 Å². The van der Waals surface area contributed by atoms with E-state index in [9.17, 15) is 0 Å². The molecule has 0 aliphatic carbocycles. The lowest BCUT2D eigenvalue weighted by molar-refractivity contribution is 0.501. The Morgan fingerprint density at radius 2 is 2.00 bits per heavy atom. The number of hydrogen-bond acceptors (Lipinski definition) is 2. The van der Waals surface area contributed by atoms with Crippen LogP contribution in [0.15, 0.2) is 45.9 Å². The third-order valence-corrected chi connectivity index (χ3v) is 4.26. The molecule has 0 fully saturated rings. The summed E-state index contributed by atoms with van der Waals surface area (Å²) in [4.78, 5) is 7.99. The fraction of sp³-hybridized carbons (Fsp3) is 0.350. The number of nitrogens with one attached hydrogen (secondary N) is 3. The molecule has 0 spiro atoms. The molecule has 0 bridgehead atoms. The van der Waals surface area contributed by atoms with Crippen LogP contribution >= 0.6 is 0 Å². The summed E-state index contributed by atoms with van der Waals surface area (Å²) in [5.41, 5.74) is 3.63. The number of nitrogens with zero attached hydrogens (tertiary/aromatic N) is 1. The fourth-order valence-corrected chi connectivity index (χ4v) is 3.00. The van der Waals surface area contributed by atoms with E-state index in [2.05, 4.69) is 58.0 Å². The summed E-state index contributed by atoms with van der Waals surface area (Å²) in [5.74, 6) is 2.71. The molecule has 0 aliphatic rings. The van der Waals surface area contributed by atoms with Crippen molar-refractivity contribution in [1.82, 2.24) is 15.6 Å². The number of aromatic nitrogens is 1. The summed E-state index contributed by atoms with van der Waals surface area (Å²) in [7, 11) is 0. The topological polar surface area (TPSA) is 65.3 Å². The van der Waals surface area contributed by atoms with Crippen LogP contribution in [0.3, 0.4) is 0 Å². The SMILES string of the molecule is CCNC(=NCc1cc(C)oc1C)NCCc1c[nH]c2ccccc12. The first-order chi connectivity index (χ1) is 12.2. The number of hydrogen-bond donors (Lipinski definition) is 3. The predicted octanol–water partition coefficient (Wildman–Crippen LogP) is 3.68. The van der Waals surface area contributed by atoms with Crippen molar-refractivity contribution in [2.75, 3.05) is 13.1 Å². The number of aliphatic imine (C=N–C) groups is 1. The van der Waals surface area contributed by atoms with Gasteiger partial charge in [-0.2, -0.15) is 0 Å². The largest absolute Gasteiger partial charge is 0.466 e. The number of furan rings is 1. The molecule has 0 aliphatic heterocycles. The van der Waals surface area contributed by atoms with Gasteiger partial charge in [-0.25, -0.2) is 4.99 Å². The Hall–Kier alpha value is -2.69. The number of fused-ring (bicyclic) bond motifs is 1. The van der Waals surface area contributed by atoms with Crippen molar-refractivity contribution in [3.63, 3.8) is 0 Å². The van der Waals surface area contributed by atoms with Gasteiger partial charge < -0.3 is 20.0 Å². The van der Waals surface area contributed by atoms with E-state index in [1.54, 1.807) is 0 Å². The van der Waals surface area contributed by atoms with Gasteiger partial charge in [0.15, 0.2) is 5.96 Å². The zero-order valence-corrected chi connectivity index (χ0v) is 15.1. The minimum Gasteiger partial charge on any atom is -0.466 e. The van der Waals surface area contributed by atoms with Crippen LogP contribution in [0, 0.1) is 13.8 Å². The number of para-hydroxylation sites is 1. The van der Waals surface area contributed by atoms with E-state index >= 15 is 0 Å². The van der Waals surface area contributed by atoms with Crippen LogP contribution in [-0.2, 0) is 13.0 Å². The molecule has 2 heterocycles. The highest BCUT2D eigenvalue weighted by molar-refractivity contribution is 5.83. The van der Waals surface area contributed by atoms with E-state index in [1.165, 1.54) is 16.5 Å². The van der Waals surface area contributed by atoms with Crippen LogP contribution in [-0.4, -0.2) is 24.0 Å². The third-order valence-electron chi connectivity index (χ3n) is 4.26. The first kappa shape index (κ1) is 17.1. The smallest absolute Gasteiger partial charge is 0.191 e.